The van der Waals surface area contributed by atoms with E-state index in [4.69, 9.17) is 12.2 Å². The Kier molecular flexibility index (Phi) is 3.43. The molecule has 0 saturated heterocycles. The Morgan fingerprint density at radius 1 is 1.28 bits per heavy atom. The first-order valence-corrected chi connectivity index (χ1v) is 7.31. The maximum atomic E-state index is 5.41. The molecule has 0 spiro atoms. The van der Waals surface area contributed by atoms with Crippen LogP contribution < -0.4 is 0 Å². The summed E-state index contributed by atoms with van der Waals surface area (Å²) in [6.07, 6.45) is 4.60. The number of hydrogen-bond donors (Lipinski definition) is 1. The van der Waals surface area contributed by atoms with Crippen molar-refractivity contribution >= 4 is 12.2 Å². The lowest BCUT2D eigenvalue weighted by molar-refractivity contribution is 0.0706. The molecule has 4 heteroatoms. The van der Waals surface area contributed by atoms with Gasteiger partial charge >= 0.3 is 0 Å². The van der Waals surface area contributed by atoms with Gasteiger partial charge in [0.1, 0.15) is 5.82 Å². The van der Waals surface area contributed by atoms with Crippen LogP contribution in [-0.4, -0.2) is 14.8 Å². The summed E-state index contributed by atoms with van der Waals surface area (Å²) in [7, 11) is 0. The first kappa shape index (κ1) is 13.8. The Bertz CT molecular complexity index is 465. The fourth-order valence-electron chi connectivity index (χ4n) is 3.93. The van der Waals surface area contributed by atoms with E-state index in [-0.39, 0.29) is 0 Å². The predicted octanol–water partition coefficient (Wildman–Crippen LogP) is 4.28. The minimum atomic E-state index is 0.378. The van der Waals surface area contributed by atoms with Crippen molar-refractivity contribution in [3.05, 3.63) is 10.6 Å². The van der Waals surface area contributed by atoms with E-state index in [1.54, 1.807) is 0 Å². The van der Waals surface area contributed by atoms with Crippen LogP contribution in [0, 0.1) is 15.6 Å². The summed E-state index contributed by atoms with van der Waals surface area (Å²) in [6, 6.07) is 0.491. The van der Waals surface area contributed by atoms with Gasteiger partial charge in [-0.15, -0.1) is 0 Å². The Balaban J connectivity index is 2.38. The third kappa shape index (κ3) is 2.68. The molecule has 1 aliphatic carbocycles. The van der Waals surface area contributed by atoms with Crippen molar-refractivity contribution in [2.24, 2.45) is 10.8 Å². The number of aryl methyl sites for hydroxylation is 1. The fraction of sp³-hybridized carbons (Fsp3) is 0.857. The SMILES string of the molecule is CCc1n[nH]c(=S)n1C1CC(C)(C)CC(C)(C)C1. The van der Waals surface area contributed by atoms with Crippen molar-refractivity contribution < 1.29 is 0 Å². The van der Waals surface area contributed by atoms with Crippen LogP contribution in [0.5, 0.6) is 0 Å². The molecule has 102 valence electrons. The van der Waals surface area contributed by atoms with E-state index < -0.39 is 0 Å². The Morgan fingerprint density at radius 2 is 1.83 bits per heavy atom. The zero-order chi connectivity index (χ0) is 13.6. The molecular weight excluding hydrogens is 242 g/mol. The summed E-state index contributed by atoms with van der Waals surface area (Å²) in [5, 5.41) is 7.31. The van der Waals surface area contributed by atoms with Crippen LogP contribution in [0.2, 0.25) is 0 Å². The number of H-pyrrole nitrogens is 1. The van der Waals surface area contributed by atoms with Crippen molar-refractivity contribution in [1.29, 1.82) is 0 Å². The minimum Gasteiger partial charge on any atom is -0.301 e. The number of nitrogens with zero attached hydrogens (tertiary/aromatic N) is 2. The maximum absolute atomic E-state index is 5.41. The lowest BCUT2D eigenvalue weighted by Gasteiger charge is -2.45. The molecule has 0 amide bonds. The third-order valence-corrected chi connectivity index (χ3v) is 4.28. The number of hydrogen-bond acceptors (Lipinski definition) is 2. The molecule has 1 aromatic heterocycles. The highest BCUT2D eigenvalue weighted by Crippen LogP contribution is 2.50. The number of nitrogens with one attached hydrogen (secondary N) is 1. The van der Waals surface area contributed by atoms with E-state index in [1.165, 1.54) is 19.3 Å². The average molecular weight is 267 g/mol. The highest BCUT2D eigenvalue weighted by molar-refractivity contribution is 7.71. The molecule has 0 radical (unpaired) electrons. The molecule has 1 fully saturated rings. The van der Waals surface area contributed by atoms with Crippen LogP contribution in [0.4, 0.5) is 0 Å². The Labute approximate surface area is 115 Å². The van der Waals surface area contributed by atoms with Crippen LogP contribution in [0.1, 0.15) is 65.7 Å². The van der Waals surface area contributed by atoms with Crippen LogP contribution in [-0.2, 0) is 6.42 Å². The first-order valence-electron chi connectivity index (χ1n) is 6.90. The fourth-order valence-corrected chi connectivity index (χ4v) is 4.23. The summed E-state index contributed by atoms with van der Waals surface area (Å²) >= 11 is 5.41. The zero-order valence-corrected chi connectivity index (χ0v) is 13.0. The van der Waals surface area contributed by atoms with E-state index in [1.807, 2.05) is 0 Å². The van der Waals surface area contributed by atoms with Gasteiger partial charge in [-0.2, -0.15) is 5.10 Å². The van der Waals surface area contributed by atoms with Crippen LogP contribution >= 0.6 is 12.2 Å². The van der Waals surface area contributed by atoms with Gasteiger partial charge in [-0.1, -0.05) is 34.6 Å². The van der Waals surface area contributed by atoms with Gasteiger partial charge in [-0.05, 0) is 42.3 Å². The Hall–Kier alpha value is -0.640. The maximum Gasteiger partial charge on any atom is 0.195 e. The molecule has 1 aliphatic rings. The predicted molar refractivity (Wildman–Crippen MR) is 77.2 cm³/mol. The van der Waals surface area contributed by atoms with E-state index in [2.05, 4.69) is 49.4 Å². The second kappa shape index (κ2) is 4.48. The smallest absolute Gasteiger partial charge is 0.195 e. The summed E-state index contributed by atoms with van der Waals surface area (Å²) in [5.41, 5.74) is 0.757. The summed E-state index contributed by atoms with van der Waals surface area (Å²) < 4.78 is 3.04. The molecule has 1 heterocycles. The van der Waals surface area contributed by atoms with Gasteiger partial charge in [0.05, 0.1) is 0 Å². The lowest BCUT2D eigenvalue weighted by Crippen LogP contribution is -2.35. The summed E-state index contributed by atoms with van der Waals surface area (Å²) in [4.78, 5) is 0. The monoisotopic (exact) mass is 267 g/mol. The third-order valence-electron chi connectivity index (χ3n) is 3.99. The molecule has 1 N–H and O–H groups in total. The van der Waals surface area contributed by atoms with Crippen LogP contribution in [0.3, 0.4) is 0 Å². The molecule has 1 aromatic rings. The largest absolute Gasteiger partial charge is 0.301 e. The van der Waals surface area contributed by atoms with Crippen molar-refractivity contribution in [2.75, 3.05) is 0 Å². The molecule has 0 atom stereocenters. The Morgan fingerprint density at radius 3 is 2.33 bits per heavy atom. The van der Waals surface area contributed by atoms with Gasteiger partial charge in [-0.25, -0.2) is 0 Å². The second-order valence-electron chi connectivity index (χ2n) is 7.24. The summed E-state index contributed by atoms with van der Waals surface area (Å²) in [6.45, 7) is 11.6. The highest BCUT2D eigenvalue weighted by atomic mass is 32.1. The van der Waals surface area contributed by atoms with Crippen molar-refractivity contribution in [2.45, 2.75) is 66.3 Å². The zero-order valence-electron chi connectivity index (χ0n) is 12.2. The van der Waals surface area contributed by atoms with E-state index in [9.17, 15) is 0 Å². The van der Waals surface area contributed by atoms with E-state index in [0.29, 0.717) is 16.9 Å². The lowest BCUT2D eigenvalue weighted by atomic mass is 9.63. The second-order valence-corrected chi connectivity index (χ2v) is 7.62. The molecule has 0 unspecified atom stereocenters. The molecule has 2 rings (SSSR count). The van der Waals surface area contributed by atoms with Crippen molar-refractivity contribution in [3.63, 3.8) is 0 Å². The van der Waals surface area contributed by atoms with Crippen molar-refractivity contribution in [3.8, 4) is 0 Å². The van der Waals surface area contributed by atoms with Gasteiger partial charge in [-0.3, -0.25) is 5.10 Å². The molecule has 0 aromatic carbocycles. The van der Waals surface area contributed by atoms with Crippen LogP contribution in [0.15, 0.2) is 0 Å². The van der Waals surface area contributed by atoms with Gasteiger partial charge in [0, 0.05) is 12.5 Å². The van der Waals surface area contributed by atoms with E-state index in [0.717, 1.165) is 17.0 Å². The number of aromatic amines is 1. The molecule has 0 aliphatic heterocycles. The quantitative estimate of drug-likeness (QED) is 0.811. The normalized spacial score (nSPS) is 23.2. The summed E-state index contributed by atoms with van der Waals surface area (Å²) in [5.74, 6) is 1.10. The molecule has 18 heavy (non-hydrogen) atoms. The highest BCUT2D eigenvalue weighted by Gasteiger charge is 2.39. The first-order chi connectivity index (χ1) is 8.24. The van der Waals surface area contributed by atoms with Gasteiger partial charge in [0.25, 0.3) is 0 Å². The number of aromatic nitrogens is 3. The average Bonchev–Trinajstić information content (AvgIpc) is 2.54. The van der Waals surface area contributed by atoms with Gasteiger partial charge < -0.3 is 4.57 Å². The van der Waals surface area contributed by atoms with Gasteiger partial charge in [0.2, 0.25) is 0 Å². The number of rotatable bonds is 2. The molecule has 1 saturated carbocycles. The molecular formula is C14H25N3S. The van der Waals surface area contributed by atoms with E-state index >= 15 is 0 Å². The molecule has 0 bridgehead atoms. The van der Waals surface area contributed by atoms with Gasteiger partial charge in [0.15, 0.2) is 4.77 Å². The topological polar surface area (TPSA) is 33.6 Å². The van der Waals surface area contributed by atoms with Crippen molar-refractivity contribution in [1.82, 2.24) is 14.8 Å². The standard InChI is InChI=1S/C14H25N3S/c1-6-11-15-16-12(18)17(11)10-7-13(2,3)9-14(4,5)8-10/h10H,6-9H2,1-5H3,(H,16,18). The molecule has 3 nitrogen and oxygen atoms in total. The minimum absolute atomic E-state index is 0.378. The van der Waals surface area contributed by atoms with Crippen LogP contribution in [0.25, 0.3) is 0 Å².